The summed E-state index contributed by atoms with van der Waals surface area (Å²) in [5.41, 5.74) is 6.40. The third-order valence-electron chi connectivity index (χ3n) is 2.66. The molecule has 0 aromatic carbocycles. The molecule has 2 aromatic rings. The minimum Gasteiger partial charge on any atom is -0.397 e. The molecule has 0 fully saturated rings. The number of hydrogen-bond acceptors (Lipinski definition) is 6. The average Bonchev–Trinajstić information content (AvgIpc) is 2.76. The van der Waals surface area contributed by atoms with Crippen molar-refractivity contribution >= 4 is 33.0 Å². The zero-order valence-electron chi connectivity index (χ0n) is 10.4. The van der Waals surface area contributed by atoms with Gasteiger partial charge in [0.25, 0.3) is 5.91 Å². The molecule has 7 heteroatoms. The number of fused-ring (bicyclic) bond motifs is 1. The number of carbonyl (C=O) groups excluding carboxylic acids is 1. The number of nitrogens with zero attached hydrogens (tertiary/aromatic N) is 1. The predicted molar refractivity (Wildman–Crippen MR) is 74.2 cm³/mol. The molecule has 2 heterocycles. The Bertz CT molecular complexity index is 585. The number of amides is 1. The van der Waals surface area contributed by atoms with Crippen molar-refractivity contribution in [2.45, 2.75) is 6.04 Å². The zero-order chi connectivity index (χ0) is 13.8. The van der Waals surface area contributed by atoms with E-state index in [1.807, 2.05) is 0 Å². The van der Waals surface area contributed by atoms with Crippen LogP contribution in [0.15, 0.2) is 18.5 Å². The number of aliphatic hydroxyl groups is 1. The summed E-state index contributed by atoms with van der Waals surface area (Å²) in [7, 11) is 1.51. The Kier molecular flexibility index (Phi) is 4.31. The number of aliphatic hydroxyl groups excluding tert-OH is 1. The topological polar surface area (TPSA) is 97.5 Å². The van der Waals surface area contributed by atoms with Gasteiger partial charge in [0.05, 0.1) is 29.6 Å². The van der Waals surface area contributed by atoms with Gasteiger partial charge in [0.2, 0.25) is 0 Å². The van der Waals surface area contributed by atoms with Gasteiger partial charge in [-0.05, 0) is 6.07 Å². The van der Waals surface area contributed by atoms with Crippen molar-refractivity contribution in [3.8, 4) is 0 Å². The summed E-state index contributed by atoms with van der Waals surface area (Å²) in [5.74, 6) is -0.310. The summed E-state index contributed by atoms with van der Waals surface area (Å²) in [6.07, 6.45) is 3.31. The Hall–Kier alpha value is -1.70. The Balaban J connectivity index is 2.24. The van der Waals surface area contributed by atoms with E-state index in [0.29, 0.717) is 10.6 Å². The van der Waals surface area contributed by atoms with Crippen LogP contribution < -0.4 is 11.1 Å². The number of anilines is 1. The maximum atomic E-state index is 12.1. The van der Waals surface area contributed by atoms with Crippen molar-refractivity contribution in [2.24, 2.45) is 0 Å². The molecule has 0 spiro atoms. The number of pyridine rings is 1. The molecular weight excluding hydrogens is 266 g/mol. The number of nitrogen functional groups attached to an aromatic ring is 1. The average molecular weight is 281 g/mol. The SMILES string of the molecule is COCC(CO)NC(=O)c1sc2cnccc2c1N. The lowest BCUT2D eigenvalue weighted by Crippen LogP contribution is -2.40. The normalized spacial score (nSPS) is 12.5. The lowest BCUT2D eigenvalue weighted by Gasteiger charge is -2.14. The van der Waals surface area contributed by atoms with Crippen LogP contribution in [0.5, 0.6) is 0 Å². The van der Waals surface area contributed by atoms with E-state index in [1.54, 1.807) is 18.5 Å². The molecule has 19 heavy (non-hydrogen) atoms. The van der Waals surface area contributed by atoms with E-state index in [0.717, 1.165) is 10.1 Å². The van der Waals surface area contributed by atoms with Gasteiger partial charge < -0.3 is 20.9 Å². The highest BCUT2D eigenvalue weighted by molar-refractivity contribution is 7.21. The zero-order valence-corrected chi connectivity index (χ0v) is 11.2. The minimum atomic E-state index is -0.444. The summed E-state index contributed by atoms with van der Waals surface area (Å²) in [4.78, 5) is 16.5. The van der Waals surface area contributed by atoms with Crippen LogP contribution in [0.4, 0.5) is 5.69 Å². The summed E-state index contributed by atoms with van der Waals surface area (Å²) in [6.45, 7) is 0.0561. The lowest BCUT2D eigenvalue weighted by molar-refractivity contribution is 0.0844. The van der Waals surface area contributed by atoms with Crippen molar-refractivity contribution in [1.29, 1.82) is 0 Å². The van der Waals surface area contributed by atoms with Gasteiger partial charge in [-0.2, -0.15) is 0 Å². The van der Waals surface area contributed by atoms with Crippen LogP contribution in [0.1, 0.15) is 9.67 Å². The van der Waals surface area contributed by atoms with Gasteiger partial charge in [-0.1, -0.05) is 0 Å². The second kappa shape index (κ2) is 5.96. The first-order valence-corrected chi connectivity index (χ1v) is 6.51. The maximum absolute atomic E-state index is 12.1. The van der Waals surface area contributed by atoms with Crippen molar-refractivity contribution in [3.63, 3.8) is 0 Å². The molecule has 0 saturated carbocycles. The summed E-state index contributed by atoms with van der Waals surface area (Å²) >= 11 is 1.28. The Morgan fingerprint density at radius 2 is 2.47 bits per heavy atom. The number of aromatic nitrogens is 1. The van der Waals surface area contributed by atoms with E-state index in [4.69, 9.17) is 15.6 Å². The number of ether oxygens (including phenoxy) is 1. The van der Waals surface area contributed by atoms with Crippen molar-refractivity contribution in [2.75, 3.05) is 26.1 Å². The molecule has 0 radical (unpaired) electrons. The molecule has 6 nitrogen and oxygen atoms in total. The van der Waals surface area contributed by atoms with E-state index < -0.39 is 6.04 Å². The smallest absolute Gasteiger partial charge is 0.263 e. The number of carbonyl (C=O) groups is 1. The summed E-state index contributed by atoms with van der Waals surface area (Å²) in [6, 6.07) is 1.33. The van der Waals surface area contributed by atoms with Gasteiger partial charge in [0.15, 0.2) is 0 Å². The standard InChI is InChI=1S/C12H15N3O3S/c1-18-6-7(5-16)15-12(17)11-10(13)8-2-3-14-4-9(8)19-11/h2-4,7,16H,5-6,13H2,1H3,(H,15,17). The van der Waals surface area contributed by atoms with E-state index in [1.165, 1.54) is 18.4 Å². The number of methoxy groups -OCH3 is 1. The quantitative estimate of drug-likeness (QED) is 0.746. The molecule has 4 N–H and O–H groups in total. The first kappa shape index (κ1) is 13.7. The molecule has 2 aromatic heterocycles. The van der Waals surface area contributed by atoms with Gasteiger partial charge in [0.1, 0.15) is 4.88 Å². The molecule has 1 amide bonds. The number of nitrogens with two attached hydrogens (primary N) is 1. The van der Waals surface area contributed by atoms with Gasteiger partial charge in [-0.3, -0.25) is 9.78 Å². The molecule has 0 saturated heterocycles. The highest BCUT2D eigenvalue weighted by Crippen LogP contribution is 2.32. The highest BCUT2D eigenvalue weighted by atomic mass is 32.1. The highest BCUT2D eigenvalue weighted by Gasteiger charge is 2.19. The number of thiophene rings is 1. The molecule has 102 valence electrons. The van der Waals surface area contributed by atoms with Crippen LogP contribution in [0.3, 0.4) is 0 Å². The van der Waals surface area contributed by atoms with Crippen molar-refractivity contribution in [3.05, 3.63) is 23.3 Å². The second-order valence-electron chi connectivity index (χ2n) is 4.02. The molecule has 0 aliphatic carbocycles. The largest absolute Gasteiger partial charge is 0.397 e. The third-order valence-corrected chi connectivity index (χ3v) is 3.82. The summed E-state index contributed by atoms with van der Waals surface area (Å²) in [5, 5.41) is 12.6. The molecule has 1 unspecified atom stereocenters. The summed E-state index contributed by atoms with van der Waals surface area (Å²) < 4.78 is 5.77. The van der Waals surface area contributed by atoms with Crippen LogP contribution in [0, 0.1) is 0 Å². The van der Waals surface area contributed by atoms with Crippen LogP contribution in [0.2, 0.25) is 0 Å². The van der Waals surface area contributed by atoms with Gasteiger partial charge in [0, 0.05) is 24.9 Å². The molecule has 0 aliphatic heterocycles. The van der Waals surface area contributed by atoms with Crippen LogP contribution in [0.25, 0.3) is 10.1 Å². The van der Waals surface area contributed by atoms with Crippen LogP contribution in [-0.2, 0) is 4.74 Å². The van der Waals surface area contributed by atoms with Crippen molar-refractivity contribution < 1.29 is 14.6 Å². The van der Waals surface area contributed by atoms with E-state index in [2.05, 4.69) is 10.3 Å². The minimum absolute atomic E-state index is 0.189. The molecule has 2 rings (SSSR count). The number of hydrogen-bond donors (Lipinski definition) is 3. The van der Waals surface area contributed by atoms with E-state index in [-0.39, 0.29) is 19.1 Å². The second-order valence-corrected chi connectivity index (χ2v) is 5.08. The van der Waals surface area contributed by atoms with Crippen LogP contribution in [-0.4, -0.2) is 42.4 Å². The van der Waals surface area contributed by atoms with E-state index >= 15 is 0 Å². The van der Waals surface area contributed by atoms with Gasteiger partial charge >= 0.3 is 0 Å². The fraction of sp³-hybridized carbons (Fsp3) is 0.333. The van der Waals surface area contributed by atoms with Gasteiger partial charge in [-0.25, -0.2) is 0 Å². The molecule has 0 aliphatic rings. The van der Waals surface area contributed by atoms with Crippen LogP contribution >= 0.6 is 11.3 Å². The Morgan fingerprint density at radius 3 is 3.11 bits per heavy atom. The monoisotopic (exact) mass is 281 g/mol. The third kappa shape index (κ3) is 2.83. The first-order chi connectivity index (χ1) is 9.17. The Morgan fingerprint density at radius 1 is 1.68 bits per heavy atom. The number of rotatable bonds is 5. The lowest BCUT2D eigenvalue weighted by atomic mass is 10.2. The maximum Gasteiger partial charge on any atom is 0.263 e. The molecule has 0 bridgehead atoms. The fourth-order valence-electron chi connectivity index (χ4n) is 1.73. The van der Waals surface area contributed by atoms with Gasteiger partial charge in [-0.15, -0.1) is 11.3 Å². The number of nitrogens with one attached hydrogen (secondary N) is 1. The van der Waals surface area contributed by atoms with Crippen molar-refractivity contribution in [1.82, 2.24) is 10.3 Å². The first-order valence-electron chi connectivity index (χ1n) is 5.70. The Labute approximate surface area is 114 Å². The predicted octanol–water partition coefficient (Wildman–Crippen LogP) is 0.616. The molecule has 1 atom stereocenters. The fourth-order valence-corrected chi connectivity index (χ4v) is 2.72. The molecular formula is C12H15N3O3S. The van der Waals surface area contributed by atoms with E-state index in [9.17, 15) is 4.79 Å².